The predicted molar refractivity (Wildman–Crippen MR) is 126 cm³/mol. The van der Waals surface area contributed by atoms with Gasteiger partial charge in [-0.2, -0.15) is 0 Å². The van der Waals surface area contributed by atoms with Crippen LogP contribution < -0.4 is 0 Å². The van der Waals surface area contributed by atoms with E-state index >= 15 is 0 Å². The molecule has 3 aliphatic carbocycles. The van der Waals surface area contributed by atoms with Crippen molar-refractivity contribution in [3.05, 3.63) is 87.9 Å². The Morgan fingerprint density at radius 3 is 2.47 bits per heavy atom. The lowest BCUT2D eigenvalue weighted by Gasteiger charge is -2.42. The monoisotopic (exact) mass is 456 g/mol. The summed E-state index contributed by atoms with van der Waals surface area (Å²) in [7, 11) is 0. The average molecular weight is 456 g/mol. The van der Waals surface area contributed by atoms with Crippen molar-refractivity contribution in [3.8, 4) is 5.75 Å². The van der Waals surface area contributed by atoms with Crippen molar-refractivity contribution in [2.75, 3.05) is 0 Å². The lowest BCUT2D eigenvalue weighted by Crippen LogP contribution is -2.42. The molecule has 0 spiro atoms. The van der Waals surface area contributed by atoms with E-state index in [1.165, 1.54) is 6.07 Å². The lowest BCUT2D eigenvalue weighted by atomic mass is 9.61. The third-order valence-corrected chi connectivity index (χ3v) is 7.12. The molecular weight excluding hydrogens is 432 g/mol. The lowest BCUT2D eigenvalue weighted by molar-refractivity contribution is -0.126. The zero-order valence-electron chi connectivity index (χ0n) is 18.6. The Kier molecular flexibility index (Phi) is 5.24. The summed E-state index contributed by atoms with van der Waals surface area (Å²) in [4.78, 5) is 39.1. The molecule has 0 saturated heterocycles. The molecular formula is C28H24O6. The van der Waals surface area contributed by atoms with E-state index in [-0.39, 0.29) is 46.8 Å². The number of Topliss-reactive ketones (excluding diaryl/α,β-unsaturated/α-hetero) is 3. The Bertz CT molecular complexity index is 1330. The molecule has 5 rings (SSSR count). The topological polar surface area (TPSA) is 112 Å². The molecule has 172 valence electrons. The maximum atomic E-state index is 13.6. The summed E-state index contributed by atoms with van der Waals surface area (Å²) >= 11 is 0. The zero-order valence-corrected chi connectivity index (χ0v) is 18.6. The second kappa shape index (κ2) is 8.13. The molecule has 3 unspecified atom stereocenters. The van der Waals surface area contributed by atoms with Crippen LogP contribution in [0.3, 0.4) is 0 Å². The van der Waals surface area contributed by atoms with Crippen LogP contribution in [-0.4, -0.2) is 32.7 Å². The van der Waals surface area contributed by atoms with E-state index in [9.17, 15) is 29.7 Å². The van der Waals surface area contributed by atoms with Crippen LogP contribution in [0.15, 0.2) is 71.2 Å². The molecule has 0 fully saturated rings. The summed E-state index contributed by atoms with van der Waals surface area (Å²) in [5, 5.41) is 32.4. The number of benzene rings is 2. The number of rotatable bonds is 3. The number of phenols is 1. The fourth-order valence-corrected chi connectivity index (χ4v) is 5.59. The van der Waals surface area contributed by atoms with E-state index in [1.54, 1.807) is 19.1 Å². The smallest absolute Gasteiger partial charge is 0.197 e. The van der Waals surface area contributed by atoms with E-state index in [4.69, 9.17) is 0 Å². The molecule has 0 amide bonds. The second-order valence-electron chi connectivity index (χ2n) is 9.03. The minimum atomic E-state index is -1.07. The predicted octanol–water partition coefficient (Wildman–Crippen LogP) is 4.96. The van der Waals surface area contributed by atoms with Gasteiger partial charge in [0.2, 0.25) is 0 Å². The molecule has 0 aliphatic heterocycles. The van der Waals surface area contributed by atoms with Crippen LogP contribution in [-0.2, 0) is 9.59 Å². The highest BCUT2D eigenvalue weighted by atomic mass is 16.3. The van der Waals surface area contributed by atoms with Crippen molar-refractivity contribution in [1.29, 1.82) is 0 Å². The van der Waals surface area contributed by atoms with Crippen LogP contribution in [0.25, 0.3) is 11.6 Å². The van der Waals surface area contributed by atoms with Crippen molar-refractivity contribution in [2.24, 2.45) is 17.8 Å². The first-order valence-corrected chi connectivity index (χ1v) is 11.4. The largest absolute Gasteiger partial charge is 0.511 e. The van der Waals surface area contributed by atoms with E-state index in [0.717, 1.165) is 11.1 Å². The average Bonchev–Trinajstić information content (AvgIpc) is 2.81. The normalized spacial score (nSPS) is 25.2. The van der Waals surface area contributed by atoms with E-state index in [0.29, 0.717) is 12.0 Å². The molecule has 2 aromatic carbocycles. The molecule has 6 nitrogen and oxygen atoms in total. The van der Waals surface area contributed by atoms with Crippen LogP contribution in [0.1, 0.15) is 47.7 Å². The Morgan fingerprint density at radius 1 is 1.03 bits per heavy atom. The maximum absolute atomic E-state index is 13.6. The first-order valence-electron chi connectivity index (χ1n) is 11.4. The molecule has 34 heavy (non-hydrogen) atoms. The van der Waals surface area contributed by atoms with Crippen molar-refractivity contribution < 1.29 is 29.7 Å². The number of carbonyl (C=O) groups is 3. The van der Waals surface area contributed by atoms with Gasteiger partial charge in [0.05, 0.1) is 17.1 Å². The number of hydrogen-bond acceptors (Lipinski definition) is 6. The third kappa shape index (κ3) is 3.21. The maximum Gasteiger partial charge on any atom is 0.197 e. The number of hydrogen-bond donors (Lipinski definition) is 3. The number of phenolic OH excluding ortho intramolecular Hbond substituents is 1. The van der Waals surface area contributed by atoms with Gasteiger partial charge in [0, 0.05) is 24.3 Å². The van der Waals surface area contributed by atoms with E-state index in [2.05, 4.69) is 0 Å². The molecule has 3 atom stereocenters. The molecule has 0 heterocycles. The SMILES string of the molecule is CCC(=O)C1=C(O)CC2CC3C(=C(O)C2C1=O)C(=O)c1c(O)cccc1/C3=C\c1ccccc1. The first-order chi connectivity index (χ1) is 16.3. The highest BCUT2D eigenvalue weighted by Gasteiger charge is 2.51. The molecule has 3 N–H and O–H groups in total. The Hall–Kier alpha value is -3.93. The van der Waals surface area contributed by atoms with Gasteiger partial charge in [-0.05, 0) is 35.1 Å². The summed E-state index contributed by atoms with van der Waals surface area (Å²) in [6, 6.07) is 14.4. The van der Waals surface area contributed by atoms with Gasteiger partial charge in [0.1, 0.15) is 17.3 Å². The van der Waals surface area contributed by atoms with Crippen molar-refractivity contribution in [2.45, 2.75) is 26.2 Å². The number of fused-ring (bicyclic) bond motifs is 3. The minimum Gasteiger partial charge on any atom is -0.511 e. The van der Waals surface area contributed by atoms with Crippen LogP contribution in [0.2, 0.25) is 0 Å². The van der Waals surface area contributed by atoms with Crippen molar-refractivity contribution >= 4 is 29.0 Å². The number of aliphatic hydroxyl groups is 2. The van der Waals surface area contributed by atoms with Gasteiger partial charge in [-0.15, -0.1) is 0 Å². The van der Waals surface area contributed by atoms with Gasteiger partial charge in [0.25, 0.3) is 0 Å². The number of carbonyl (C=O) groups excluding carboxylic acids is 3. The van der Waals surface area contributed by atoms with Gasteiger partial charge in [-0.3, -0.25) is 14.4 Å². The molecule has 0 radical (unpaired) electrons. The Balaban J connectivity index is 1.72. The Labute approximate surface area is 196 Å². The first kappa shape index (κ1) is 21.9. The van der Waals surface area contributed by atoms with Crippen LogP contribution in [0.5, 0.6) is 5.75 Å². The minimum absolute atomic E-state index is 0.0482. The highest BCUT2D eigenvalue weighted by Crippen LogP contribution is 2.53. The number of aliphatic hydroxyl groups excluding tert-OH is 2. The summed E-state index contributed by atoms with van der Waals surface area (Å²) in [5.74, 6) is -4.50. The molecule has 6 heteroatoms. The van der Waals surface area contributed by atoms with Crippen molar-refractivity contribution in [3.63, 3.8) is 0 Å². The van der Waals surface area contributed by atoms with E-state index < -0.39 is 35.1 Å². The molecule has 0 bridgehead atoms. The van der Waals surface area contributed by atoms with Gasteiger partial charge in [-0.25, -0.2) is 0 Å². The van der Waals surface area contributed by atoms with Gasteiger partial charge >= 0.3 is 0 Å². The van der Waals surface area contributed by atoms with Crippen LogP contribution in [0, 0.1) is 17.8 Å². The summed E-state index contributed by atoms with van der Waals surface area (Å²) < 4.78 is 0. The fraction of sp³-hybridized carbons (Fsp3) is 0.250. The van der Waals surface area contributed by atoms with Gasteiger partial charge in [0.15, 0.2) is 17.3 Å². The molecule has 0 saturated carbocycles. The van der Waals surface area contributed by atoms with Gasteiger partial charge < -0.3 is 15.3 Å². The van der Waals surface area contributed by atoms with E-state index in [1.807, 2.05) is 36.4 Å². The fourth-order valence-electron chi connectivity index (χ4n) is 5.59. The van der Waals surface area contributed by atoms with Crippen LogP contribution >= 0.6 is 0 Å². The standard InChI is InChI=1S/C28H24O6/c1-2-19(29)25-21(31)13-15-12-18-17(11-14-7-4-3-5-8-14)16-9-6-10-20(30)23(16)28(34)24(18)26(32)22(15)27(25)33/h3-11,15,18,22,30-32H,2,12-13H2,1H3/b17-11+. The highest BCUT2D eigenvalue weighted by molar-refractivity contribution is 6.24. The third-order valence-electron chi connectivity index (χ3n) is 7.12. The quantitative estimate of drug-likeness (QED) is 0.563. The number of allylic oxidation sites excluding steroid dienone is 5. The zero-order chi connectivity index (χ0) is 24.1. The number of aromatic hydroxyl groups is 1. The molecule has 2 aromatic rings. The second-order valence-corrected chi connectivity index (χ2v) is 9.03. The van der Waals surface area contributed by atoms with Crippen molar-refractivity contribution in [1.82, 2.24) is 0 Å². The molecule has 3 aliphatic rings. The summed E-state index contributed by atoms with van der Waals surface area (Å²) in [6.07, 6.45) is 2.39. The summed E-state index contributed by atoms with van der Waals surface area (Å²) in [6.45, 7) is 1.60. The Morgan fingerprint density at radius 2 is 1.76 bits per heavy atom. The van der Waals surface area contributed by atoms with Crippen LogP contribution in [0.4, 0.5) is 0 Å². The number of ketones is 3. The van der Waals surface area contributed by atoms with Gasteiger partial charge in [-0.1, -0.05) is 55.5 Å². The summed E-state index contributed by atoms with van der Waals surface area (Å²) in [5.41, 5.74) is 2.12. The molecule has 0 aromatic heterocycles.